The highest BCUT2D eigenvalue weighted by molar-refractivity contribution is 7.88. The Morgan fingerprint density at radius 3 is 2.21 bits per heavy atom. The number of nitrogens with two attached hydrogens (primary N) is 1. The van der Waals surface area contributed by atoms with Crippen molar-refractivity contribution in [2.75, 3.05) is 18.8 Å². The molecule has 0 saturated carbocycles. The van der Waals surface area contributed by atoms with Gasteiger partial charge in [0.15, 0.2) is 0 Å². The molecule has 1 saturated heterocycles. The summed E-state index contributed by atoms with van der Waals surface area (Å²) in [5.74, 6) is 0.932. The molecule has 1 heterocycles. The predicted molar refractivity (Wildman–Crippen MR) is 78.0 cm³/mol. The first-order valence-electron chi connectivity index (χ1n) is 6.69. The molecule has 0 unspecified atom stereocenters. The molecule has 2 N–H and O–H groups in total. The highest BCUT2D eigenvalue weighted by Crippen LogP contribution is 2.24. The number of hydrogen-bond acceptors (Lipinski definition) is 3. The molecule has 5 heteroatoms. The lowest BCUT2D eigenvalue weighted by Crippen LogP contribution is -2.43. The lowest BCUT2D eigenvalue weighted by atomic mass is 9.94. The van der Waals surface area contributed by atoms with Crippen molar-refractivity contribution in [3.05, 3.63) is 29.8 Å². The molecule has 0 aromatic heterocycles. The molecule has 1 aromatic carbocycles. The minimum Gasteiger partial charge on any atom is -0.399 e. The maximum Gasteiger partial charge on any atom is 0.218 e. The second-order valence-corrected chi connectivity index (χ2v) is 7.73. The van der Waals surface area contributed by atoms with E-state index in [9.17, 15) is 8.42 Å². The summed E-state index contributed by atoms with van der Waals surface area (Å²) in [6, 6.07) is 7.05. The van der Waals surface area contributed by atoms with Crippen LogP contribution in [0.4, 0.5) is 5.69 Å². The Morgan fingerprint density at radius 1 is 1.16 bits per heavy atom. The van der Waals surface area contributed by atoms with Gasteiger partial charge in [0.1, 0.15) is 0 Å². The van der Waals surface area contributed by atoms with Gasteiger partial charge in [-0.3, -0.25) is 0 Å². The molecule has 19 heavy (non-hydrogen) atoms. The van der Waals surface area contributed by atoms with E-state index in [4.69, 9.17) is 5.73 Å². The smallest absolute Gasteiger partial charge is 0.218 e. The van der Waals surface area contributed by atoms with Crippen LogP contribution >= 0.6 is 0 Å². The van der Waals surface area contributed by atoms with Crippen LogP contribution in [0.1, 0.15) is 25.8 Å². The summed E-state index contributed by atoms with van der Waals surface area (Å²) < 4.78 is 26.5. The molecule has 1 fully saturated rings. The Balaban J connectivity index is 2.11. The molecule has 0 bridgehead atoms. The molecule has 106 valence electrons. The van der Waals surface area contributed by atoms with Gasteiger partial charge in [-0.1, -0.05) is 26.0 Å². The Labute approximate surface area is 115 Å². The minimum absolute atomic E-state index is 0.0622. The summed E-state index contributed by atoms with van der Waals surface area (Å²) in [4.78, 5) is 0. The molecule has 1 aromatic rings. The van der Waals surface area contributed by atoms with Crippen molar-refractivity contribution in [1.82, 2.24) is 4.31 Å². The van der Waals surface area contributed by atoms with Crippen molar-refractivity contribution >= 4 is 15.7 Å². The number of anilines is 1. The van der Waals surface area contributed by atoms with Crippen LogP contribution in [0.5, 0.6) is 0 Å². The maximum atomic E-state index is 12.4. The number of sulfonamides is 1. The van der Waals surface area contributed by atoms with E-state index in [-0.39, 0.29) is 5.75 Å². The second-order valence-electron chi connectivity index (χ2n) is 5.76. The van der Waals surface area contributed by atoms with Crippen molar-refractivity contribution in [1.29, 1.82) is 0 Å². The quantitative estimate of drug-likeness (QED) is 0.863. The van der Waals surface area contributed by atoms with E-state index < -0.39 is 10.0 Å². The SMILES string of the molecule is C[C@@H]1C[C@@H](C)CN(S(=O)(=O)Cc2ccc(N)cc2)C1. The Kier molecular flexibility index (Phi) is 4.16. The van der Waals surface area contributed by atoms with Crippen LogP contribution in [0.3, 0.4) is 0 Å². The van der Waals surface area contributed by atoms with Gasteiger partial charge in [-0.05, 0) is 36.0 Å². The van der Waals surface area contributed by atoms with Gasteiger partial charge in [-0.15, -0.1) is 0 Å². The molecule has 4 nitrogen and oxygen atoms in total. The van der Waals surface area contributed by atoms with Gasteiger partial charge in [-0.25, -0.2) is 12.7 Å². The molecule has 1 aliphatic rings. The van der Waals surface area contributed by atoms with Crippen molar-refractivity contribution in [3.63, 3.8) is 0 Å². The monoisotopic (exact) mass is 282 g/mol. The predicted octanol–water partition coefficient (Wildman–Crippen LogP) is 2.08. The van der Waals surface area contributed by atoms with Crippen LogP contribution < -0.4 is 5.73 Å². The molecule has 2 rings (SSSR count). The molecule has 0 amide bonds. The standard InChI is InChI=1S/C14H22N2O2S/c1-11-7-12(2)9-16(8-11)19(17,18)10-13-3-5-14(15)6-4-13/h3-6,11-12H,7-10,15H2,1-2H3/t11-,12-/m1/s1. The normalized spacial score (nSPS) is 25.4. The largest absolute Gasteiger partial charge is 0.399 e. The van der Waals surface area contributed by atoms with E-state index in [0.29, 0.717) is 30.6 Å². The fourth-order valence-corrected chi connectivity index (χ4v) is 4.51. The molecule has 1 aliphatic heterocycles. The molecule has 0 radical (unpaired) electrons. The Bertz CT molecular complexity index is 515. The highest BCUT2D eigenvalue weighted by atomic mass is 32.2. The van der Waals surface area contributed by atoms with Crippen LogP contribution in [0.15, 0.2) is 24.3 Å². The molecular formula is C14H22N2O2S. The van der Waals surface area contributed by atoms with Gasteiger partial charge in [0.05, 0.1) is 5.75 Å². The number of piperidine rings is 1. The summed E-state index contributed by atoms with van der Waals surface area (Å²) in [7, 11) is -3.22. The zero-order valence-corrected chi connectivity index (χ0v) is 12.4. The fraction of sp³-hybridized carbons (Fsp3) is 0.571. The van der Waals surface area contributed by atoms with Gasteiger partial charge >= 0.3 is 0 Å². The van der Waals surface area contributed by atoms with Crippen LogP contribution in [0, 0.1) is 11.8 Å². The number of benzene rings is 1. The van der Waals surface area contributed by atoms with Gasteiger partial charge in [-0.2, -0.15) is 0 Å². The lowest BCUT2D eigenvalue weighted by Gasteiger charge is -2.34. The van der Waals surface area contributed by atoms with Gasteiger partial charge in [0.2, 0.25) is 10.0 Å². The van der Waals surface area contributed by atoms with Gasteiger partial charge in [0.25, 0.3) is 0 Å². The summed E-state index contributed by atoms with van der Waals surface area (Å²) in [6.45, 7) is 5.51. The van der Waals surface area contributed by atoms with Crippen LogP contribution in [0.2, 0.25) is 0 Å². The third kappa shape index (κ3) is 3.70. The third-order valence-electron chi connectivity index (χ3n) is 3.56. The van der Waals surface area contributed by atoms with Crippen molar-refractivity contribution in [2.24, 2.45) is 11.8 Å². The third-order valence-corrected chi connectivity index (χ3v) is 5.34. The minimum atomic E-state index is -3.22. The lowest BCUT2D eigenvalue weighted by molar-refractivity contribution is 0.222. The average molecular weight is 282 g/mol. The van der Waals surface area contributed by atoms with Crippen molar-refractivity contribution in [3.8, 4) is 0 Å². The summed E-state index contributed by atoms with van der Waals surface area (Å²) in [6.07, 6.45) is 1.11. The van der Waals surface area contributed by atoms with E-state index in [1.807, 2.05) is 0 Å². The van der Waals surface area contributed by atoms with E-state index >= 15 is 0 Å². The van der Waals surface area contributed by atoms with Crippen molar-refractivity contribution in [2.45, 2.75) is 26.0 Å². The highest BCUT2D eigenvalue weighted by Gasteiger charge is 2.30. The van der Waals surface area contributed by atoms with Crippen LogP contribution in [-0.2, 0) is 15.8 Å². The first kappa shape index (κ1) is 14.3. The molecule has 2 atom stereocenters. The average Bonchev–Trinajstić information content (AvgIpc) is 2.31. The fourth-order valence-electron chi connectivity index (χ4n) is 2.75. The summed E-state index contributed by atoms with van der Waals surface area (Å²) in [5, 5.41) is 0. The van der Waals surface area contributed by atoms with E-state index in [1.54, 1.807) is 28.6 Å². The van der Waals surface area contributed by atoms with Gasteiger partial charge in [0, 0.05) is 18.8 Å². The summed E-state index contributed by atoms with van der Waals surface area (Å²) in [5.41, 5.74) is 7.06. The zero-order chi connectivity index (χ0) is 14.0. The number of rotatable bonds is 3. The number of nitrogen functional groups attached to an aromatic ring is 1. The topological polar surface area (TPSA) is 63.4 Å². The van der Waals surface area contributed by atoms with Crippen LogP contribution in [0.25, 0.3) is 0 Å². The van der Waals surface area contributed by atoms with E-state index in [1.165, 1.54) is 0 Å². The maximum absolute atomic E-state index is 12.4. The van der Waals surface area contributed by atoms with E-state index in [0.717, 1.165) is 12.0 Å². The second kappa shape index (κ2) is 5.51. The zero-order valence-electron chi connectivity index (χ0n) is 11.5. The first-order chi connectivity index (χ1) is 8.87. The number of hydrogen-bond donors (Lipinski definition) is 1. The Hall–Kier alpha value is -1.07. The number of nitrogens with zero attached hydrogens (tertiary/aromatic N) is 1. The summed E-state index contributed by atoms with van der Waals surface area (Å²) >= 11 is 0. The van der Waals surface area contributed by atoms with Gasteiger partial charge < -0.3 is 5.73 Å². The molecular weight excluding hydrogens is 260 g/mol. The first-order valence-corrected chi connectivity index (χ1v) is 8.30. The molecule has 0 spiro atoms. The van der Waals surface area contributed by atoms with E-state index in [2.05, 4.69) is 13.8 Å². The molecule has 0 aliphatic carbocycles. The van der Waals surface area contributed by atoms with Crippen molar-refractivity contribution < 1.29 is 8.42 Å². The van der Waals surface area contributed by atoms with Crippen LogP contribution in [-0.4, -0.2) is 25.8 Å². The Morgan fingerprint density at radius 2 is 1.68 bits per heavy atom.